The Hall–Kier alpha value is -7.06. The fourth-order valence-electron chi connectivity index (χ4n) is 8.02. The fourth-order valence-corrected chi connectivity index (χ4v) is 10.2. The molecule has 12 aromatic rings. The van der Waals surface area contributed by atoms with E-state index in [-0.39, 0.29) is 0 Å². The summed E-state index contributed by atoms with van der Waals surface area (Å²) >= 11 is 3.62. The second-order valence-corrected chi connectivity index (χ2v) is 16.4. The van der Waals surface area contributed by atoms with Crippen molar-refractivity contribution in [3.8, 4) is 56.7 Å². The molecule has 0 atom stereocenters. The Morgan fingerprint density at radius 2 is 0.982 bits per heavy atom. The lowest BCUT2D eigenvalue weighted by Gasteiger charge is -2.11. The van der Waals surface area contributed by atoms with Gasteiger partial charge in [-0.1, -0.05) is 115 Å². The van der Waals surface area contributed by atoms with Gasteiger partial charge in [0.1, 0.15) is 5.52 Å². The number of nitrogens with zero attached hydrogens (tertiary/aromatic N) is 4. The number of hydrogen-bond acceptors (Lipinski definition) is 7. The van der Waals surface area contributed by atoms with Crippen LogP contribution in [0, 0.1) is 0 Å². The van der Waals surface area contributed by atoms with Crippen molar-refractivity contribution in [1.82, 2.24) is 19.9 Å². The molecular weight excluding hydrogens is 737 g/mol. The minimum absolute atomic E-state index is 0.603. The number of rotatable bonds is 5. The summed E-state index contributed by atoms with van der Waals surface area (Å²) in [5, 5.41) is 7.00. The third-order valence-corrected chi connectivity index (χ3v) is 13.1. The van der Waals surface area contributed by atoms with Gasteiger partial charge in [0, 0.05) is 62.6 Å². The Bertz CT molecular complexity index is 3550. The minimum atomic E-state index is 0.603. The van der Waals surface area contributed by atoms with Crippen LogP contribution in [0.4, 0.5) is 0 Å². The van der Waals surface area contributed by atoms with Gasteiger partial charge >= 0.3 is 0 Å². The largest absolute Gasteiger partial charge is 0.436 e. The number of thiophene rings is 2. The Morgan fingerprint density at radius 1 is 0.368 bits per heavy atom. The highest BCUT2D eigenvalue weighted by atomic mass is 32.1. The molecule has 0 saturated heterocycles. The van der Waals surface area contributed by atoms with E-state index < -0.39 is 0 Å². The van der Waals surface area contributed by atoms with Crippen molar-refractivity contribution < 1.29 is 4.42 Å². The summed E-state index contributed by atoms with van der Waals surface area (Å²) in [6, 6.07) is 59.3. The minimum Gasteiger partial charge on any atom is -0.436 e. The Morgan fingerprint density at radius 3 is 1.84 bits per heavy atom. The molecule has 266 valence electrons. The SMILES string of the molecule is c1ccc(-c2nc(-c3cccc(-c4ccc5sc6ccccc6c5c4)c3)nc(-c3ccc4c(-c5nc6c(ccc7sc8ccccc8c76)o5)cccc4c3)n2)cc1. The zero-order valence-electron chi connectivity index (χ0n) is 30.2. The van der Waals surface area contributed by atoms with Gasteiger partial charge in [-0.25, -0.2) is 19.9 Å². The van der Waals surface area contributed by atoms with E-state index in [1.807, 2.05) is 47.7 Å². The third-order valence-electron chi connectivity index (χ3n) is 10.8. The predicted molar refractivity (Wildman–Crippen MR) is 238 cm³/mol. The molecule has 0 unspecified atom stereocenters. The summed E-state index contributed by atoms with van der Waals surface area (Å²) < 4.78 is 11.5. The summed E-state index contributed by atoms with van der Waals surface area (Å²) in [6.45, 7) is 0. The molecule has 57 heavy (non-hydrogen) atoms. The molecule has 12 rings (SSSR count). The molecule has 0 N–H and O–H groups in total. The average Bonchev–Trinajstić information content (AvgIpc) is 3.99. The first kappa shape index (κ1) is 32.2. The van der Waals surface area contributed by atoms with Crippen LogP contribution in [-0.2, 0) is 0 Å². The van der Waals surface area contributed by atoms with Gasteiger partial charge in [-0.2, -0.15) is 0 Å². The van der Waals surface area contributed by atoms with Crippen LogP contribution >= 0.6 is 22.7 Å². The smallest absolute Gasteiger partial charge is 0.227 e. The van der Waals surface area contributed by atoms with Gasteiger partial charge in [0.2, 0.25) is 5.89 Å². The normalized spacial score (nSPS) is 11.9. The molecule has 0 saturated carbocycles. The van der Waals surface area contributed by atoms with Crippen molar-refractivity contribution in [2.24, 2.45) is 0 Å². The molecule has 8 aromatic carbocycles. The number of hydrogen-bond donors (Lipinski definition) is 0. The Balaban J connectivity index is 0.964. The topological polar surface area (TPSA) is 64.7 Å². The standard InChI is InChI=1S/C50H28N4OS2/c1-2-10-29(11-3-1)47-52-48(33-14-8-12-30(26-33)31-21-24-43-39(28-31)36-15-4-6-18-41(36)56-43)54-49(53-47)34-20-22-35-32(27-34)13-9-17-37(35)50-51-46-40(55-50)23-25-44-45(46)38-16-5-7-19-42(38)57-44/h1-28H. The molecule has 0 amide bonds. The molecule has 5 nitrogen and oxygen atoms in total. The molecule has 0 fully saturated rings. The first-order valence-corrected chi connectivity index (χ1v) is 20.4. The van der Waals surface area contributed by atoms with Crippen molar-refractivity contribution >= 4 is 84.9 Å². The summed E-state index contributed by atoms with van der Waals surface area (Å²) in [5.41, 5.74) is 7.64. The van der Waals surface area contributed by atoms with Crippen LogP contribution in [0.5, 0.6) is 0 Å². The van der Waals surface area contributed by atoms with Crippen LogP contribution in [0.3, 0.4) is 0 Å². The molecule has 4 aromatic heterocycles. The number of oxazole rings is 1. The quantitative estimate of drug-likeness (QED) is 0.175. The first-order chi connectivity index (χ1) is 28.2. The Labute approximate surface area is 334 Å². The van der Waals surface area contributed by atoms with Crippen LogP contribution in [0.25, 0.3) is 119 Å². The van der Waals surface area contributed by atoms with E-state index >= 15 is 0 Å². The molecule has 7 heteroatoms. The van der Waals surface area contributed by atoms with Crippen LogP contribution in [-0.4, -0.2) is 19.9 Å². The van der Waals surface area contributed by atoms with Crippen molar-refractivity contribution in [2.75, 3.05) is 0 Å². The maximum absolute atomic E-state index is 6.47. The van der Waals surface area contributed by atoms with Crippen molar-refractivity contribution in [3.05, 3.63) is 170 Å². The van der Waals surface area contributed by atoms with Crippen molar-refractivity contribution in [2.45, 2.75) is 0 Å². The highest BCUT2D eigenvalue weighted by Gasteiger charge is 2.18. The van der Waals surface area contributed by atoms with Crippen molar-refractivity contribution in [1.29, 1.82) is 0 Å². The molecule has 4 heterocycles. The van der Waals surface area contributed by atoms with Crippen LogP contribution < -0.4 is 0 Å². The van der Waals surface area contributed by atoms with E-state index in [1.54, 1.807) is 11.3 Å². The summed E-state index contributed by atoms with van der Waals surface area (Å²) in [6.07, 6.45) is 0. The fraction of sp³-hybridized carbons (Fsp3) is 0. The number of fused-ring (bicyclic) bond motifs is 9. The molecule has 0 radical (unpaired) electrons. The second-order valence-electron chi connectivity index (χ2n) is 14.2. The number of aromatic nitrogens is 4. The zero-order valence-corrected chi connectivity index (χ0v) is 31.8. The van der Waals surface area contributed by atoms with E-state index in [1.165, 1.54) is 35.0 Å². The summed E-state index contributed by atoms with van der Waals surface area (Å²) in [5.74, 6) is 2.46. The third kappa shape index (κ3) is 5.35. The van der Waals surface area contributed by atoms with E-state index in [0.29, 0.717) is 23.4 Å². The van der Waals surface area contributed by atoms with E-state index in [9.17, 15) is 0 Å². The lowest BCUT2D eigenvalue weighted by Crippen LogP contribution is -2.00. The van der Waals surface area contributed by atoms with Gasteiger partial charge in [-0.3, -0.25) is 0 Å². The molecular formula is C50H28N4OS2. The molecule has 0 aliphatic heterocycles. The van der Waals surface area contributed by atoms with Crippen LogP contribution in [0.15, 0.2) is 174 Å². The van der Waals surface area contributed by atoms with Gasteiger partial charge in [-0.05, 0) is 76.5 Å². The first-order valence-electron chi connectivity index (χ1n) is 18.8. The molecule has 0 bridgehead atoms. The van der Waals surface area contributed by atoms with E-state index in [2.05, 4.69) is 133 Å². The van der Waals surface area contributed by atoms with Gasteiger partial charge in [0.25, 0.3) is 0 Å². The van der Waals surface area contributed by atoms with E-state index in [4.69, 9.17) is 24.4 Å². The Kier molecular flexibility index (Phi) is 7.20. The van der Waals surface area contributed by atoms with Gasteiger partial charge in [0.15, 0.2) is 23.1 Å². The van der Waals surface area contributed by atoms with Gasteiger partial charge < -0.3 is 4.42 Å². The lowest BCUT2D eigenvalue weighted by atomic mass is 10.0. The van der Waals surface area contributed by atoms with Gasteiger partial charge in [0.05, 0.1) is 0 Å². The zero-order chi connectivity index (χ0) is 37.5. The molecule has 0 aliphatic carbocycles. The number of benzene rings is 8. The maximum atomic E-state index is 6.47. The monoisotopic (exact) mass is 764 g/mol. The predicted octanol–water partition coefficient (Wildman–Crippen LogP) is 14.2. The maximum Gasteiger partial charge on any atom is 0.227 e. The second kappa shape index (κ2) is 12.7. The average molecular weight is 765 g/mol. The summed E-state index contributed by atoms with van der Waals surface area (Å²) in [7, 11) is 0. The van der Waals surface area contributed by atoms with Crippen LogP contribution in [0.1, 0.15) is 0 Å². The lowest BCUT2D eigenvalue weighted by molar-refractivity contribution is 0.621. The van der Waals surface area contributed by atoms with E-state index in [0.717, 1.165) is 60.6 Å². The summed E-state index contributed by atoms with van der Waals surface area (Å²) in [4.78, 5) is 20.3. The van der Waals surface area contributed by atoms with Gasteiger partial charge in [-0.15, -0.1) is 22.7 Å². The van der Waals surface area contributed by atoms with Crippen LogP contribution in [0.2, 0.25) is 0 Å². The van der Waals surface area contributed by atoms with Crippen molar-refractivity contribution in [3.63, 3.8) is 0 Å². The molecule has 0 aliphatic rings. The highest BCUT2D eigenvalue weighted by Crippen LogP contribution is 2.41. The molecule has 0 spiro atoms. The highest BCUT2D eigenvalue weighted by molar-refractivity contribution is 7.26.